The Hall–Kier alpha value is -0.120. The van der Waals surface area contributed by atoms with Gasteiger partial charge in [-0.1, -0.05) is 20.8 Å². The lowest BCUT2D eigenvalue weighted by molar-refractivity contribution is -0.189. The number of methoxy groups -OCH3 is 1. The van der Waals surface area contributed by atoms with Gasteiger partial charge in [0.25, 0.3) is 0 Å². The van der Waals surface area contributed by atoms with Crippen molar-refractivity contribution in [3.05, 3.63) is 0 Å². The van der Waals surface area contributed by atoms with Crippen LogP contribution < -0.4 is 0 Å². The van der Waals surface area contributed by atoms with Crippen molar-refractivity contribution in [3.63, 3.8) is 0 Å². The van der Waals surface area contributed by atoms with Gasteiger partial charge >= 0.3 is 0 Å². The third-order valence-corrected chi connectivity index (χ3v) is 6.58. The molecule has 3 aliphatic carbocycles. The fourth-order valence-electron chi connectivity index (χ4n) is 6.06. The summed E-state index contributed by atoms with van der Waals surface area (Å²) < 4.78 is 5.83. The number of rotatable bonds is 1. The quantitative estimate of drug-likeness (QED) is 0.767. The average molecular weight is 268 g/mol. The Morgan fingerprint density at radius 2 is 1.79 bits per heavy atom. The topological polar surface area (TPSA) is 49.7 Å². The minimum Gasteiger partial charge on any atom is -0.393 e. The minimum absolute atomic E-state index is 0.0733. The molecule has 0 aromatic heterocycles. The number of aliphatic hydroxyl groups is 2. The van der Waals surface area contributed by atoms with E-state index < -0.39 is 0 Å². The summed E-state index contributed by atoms with van der Waals surface area (Å²) in [6.45, 7) is 6.70. The SMILES string of the molecule is CO[C@H]1CC(C)(C)[C@@H]2[C@H](O)C[C@]3(C)C[C@]12CC[C@@H]3O. The molecular formula is C16H28O3. The molecule has 110 valence electrons. The molecule has 0 amide bonds. The monoisotopic (exact) mass is 268 g/mol. The van der Waals surface area contributed by atoms with E-state index in [1.165, 1.54) is 0 Å². The predicted octanol–water partition coefficient (Wildman–Crippen LogP) is 2.35. The molecule has 3 aliphatic rings. The molecular weight excluding hydrogens is 240 g/mol. The molecule has 6 atom stereocenters. The van der Waals surface area contributed by atoms with Gasteiger partial charge in [-0.25, -0.2) is 0 Å². The van der Waals surface area contributed by atoms with Gasteiger partial charge < -0.3 is 14.9 Å². The summed E-state index contributed by atoms with van der Waals surface area (Å²) in [5, 5.41) is 21.1. The van der Waals surface area contributed by atoms with Crippen LogP contribution in [0.1, 0.15) is 52.9 Å². The lowest BCUT2D eigenvalue weighted by Gasteiger charge is -2.59. The van der Waals surface area contributed by atoms with Gasteiger partial charge in [-0.05, 0) is 48.9 Å². The molecule has 3 saturated carbocycles. The highest BCUT2D eigenvalue weighted by atomic mass is 16.5. The maximum atomic E-state index is 10.7. The molecule has 0 aromatic rings. The summed E-state index contributed by atoms with van der Waals surface area (Å²) >= 11 is 0. The van der Waals surface area contributed by atoms with E-state index in [1.54, 1.807) is 7.11 Å². The van der Waals surface area contributed by atoms with E-state index in [-0.39, 0.29) is 34.6 Å². The summed E-state index contributed by atoms with van der Waals surface area (Å²) in [5.41, 5.74) is 0.0684. The number of hydrogen-bond donors (Lipinski definition) is 2. The Kier molecular flexibility index (Phi) is 2.88. The van der Waals surface area contributed by atoms with E-state index in [9.17, 15) is 10.2 Å². The van der Waals surface area contributed by atoms with Gasteiger partial charge in [0.2, 0.25) is 0 Å². The smallest absolute Gasteiger partial charge is 0.0636 e. The van der Waals surface area contributed by atoms with Crippen LogP contribution >= 0.6 is 0 Å². The molecule has 0 saturated heterocycles. The molecule has 2 bridgehead atoms. The van der Waals surface area contributed by atoms with Crippen molar-refractivity contribution in [1.29, 1.82) is 0 Å². The summed E-state index contributed by atoms with van der Waals surface area (Å²) in [6.07, 6.45) is 4.28. The fourth-order valence-corrected chi connectivity index (χ4v) is 6.06. The highest BCUT2D eigenvalue weighted by molar-refractivity contribution is 5.17. The third-order valence-electron chi connectivity index (χ3n) is 6.58. The number of fused-ring (bicyclic) bond motifs is 1. The molecule has 0 unspecified atom stereocenters. The maximum Gasteiger partial charge on any atom is 0.0636 e. The van der Waals surface area contributed by atoms with E-state index in [1.807, 2.05) is 0 Å². The molecule has 0 radical (unpaired) electrons. The number of hydrogen-bond acceptors (Lipinski definition) is 3. The second-order valence-electron chi connectivity index (χ2n) is 8.28. The average Bonchev–Trinajstić information content (AvgIpc) is 2.52. The van der Waals surface area contributed by atoms with Crippen LogP contribution in [-0.2, 0) is 4.74 Å². The summed E-state index contributed by atoms with van der Waals surface area (Å²) in [5.74, 6) is 0.311. The highest BCUT2D eigenvalue weighted by Crippen LogP contribution is 2.69. The van der Waals surface area contributed by atoms with Gasteiger partial charge in [0, 0.05) is 12.5 Å². The van der Waals surface area contributed by atoms with Gasteiger partial charge in [0.15, 0.2) is 0 Å². The van der Waals surface area contributed by atoms with Crippen LogP contribution in [0.5, 0.6) is 0 Å². The first-order valence-corrected chi connectivity index (χ1v) is 7.64. The van der Waals surface area contributed by atoms with Crippen molar-refractivity contribution in [1.82, 2.24) is 0 Å². The Morgan fingerprint density at radius 3 is 2.42 bits per heavy atom. The van der Waals surface area contributed by atoms with Gasteiger partial charge in [-0.2, -0.15) is 0 Å². The maximum absolute atomic E-state index is 10.7. The van der Waals surface area contributed by atoms with Crippen LogP contribution in [0.25, 0.3) is 0 Å². The third kappa shape index (κ3) is 1.68. The van der Waals surface area contributed by atoms with Crippen LogP contribution in [-0.4, -0.2) is 35.6 Å². The van der Waals surface area contributed by atoms with Crippen molar-refractivity contribution in [2.45, 2.75) is 71.2 Å². The molecule has 3 heteroatoms. The summed E-state index contributed by atoms with van der Waals surface area (Å²) in [6, 6.07) is 0. The van der Waals surface area contributed by atoms with Crippen molar-refractivity contribution in [2.24, 2.45) is 22.2 Å². The molecule has 0 aliphatic heterocycles. The Labute approximate surface area is 116 Å². The molecule has 2 N–H and O–H groups in total. The summed E-state index contributed by atoms with van der Waals surface area (Å²) in [7, 11) is 1.81. The molecule has 3 nitrogen and oxygen atoms in total. The molecule has 3 fully saturated rings. The molecule has 0 heterocycles. The standard InChI is InChI=1S/C16H28O3/c1-14(2)8-12(19-4)16-6-5-11(18)15(3,9-16)7-10(17)13(14)16/h10-13,17-18H,5-9H2,1-4H3/t10-,11+,12+,13+,15-,16-/m1/s1. The van der Waals surface area contributed by atoms with Crippen LogP contribution in [0.15, 0.2) is 0 Å². The first-order valence-electron chi connectivity index (χ1n) is 7.64. The normalized spacial score (nSPS) is 55.9. The number of aliphatic hydroxyl groups excluding tert-OH is 2. The lowest BCUT2D eigenvalue weighted by atomic mass is 9.48. The minimum atomic E-state index is -0.302. The van der Waals surface area contributed by atoms with Crippen molar-refractivity contribution in [2.75, 3.05) is 7.11 Å². The van der Waals surface area contributed by atoms with E-state index in [4.69, 9.17) is 4.74 Å². The molecule has 3 rings (SSSR count). The second kappa shape index (κ2) is 3.96. The van der Waals surface area contributed by atoms with Gasteiger partial charge in [-0.3, -0.25) is 0 Å². The molecule has 1 spiro atoms. The summed E-state index contributed by atoms with van der Waals surface area (Å²) in [4.78, 5) is 0. The van der Waals surface area contributed by atoms with Crippen LogP contribution in [0, 0.1) is 22.2 Å². The zero-order chi connectivity index (χ0) is 14.1. The van der Waals surface area contributed by atoms with Crippen LogP contribution in [0.4, 0.5) is 0 Å². The van der Waals surface area contributed by atoms with Crippen molar-refractivity contribution in [3.8, 4) is 0 Å². The van der Waals surface area contributed by atoms with Gasteiger partial charge in [0.05, 0.1) is 18.3 Å². The van der Waals surface area contributed by atoms with Crippen LogP contribution in [0.3, 0.4) is 0 Å². The predicted molar refractivity (Wildman–Crippen MR) is 73.7 cm³/mol. The number of ether oxygens (including phenoxy) is 1. The van der Waals surface area contributed by atoms with E-state index in [0.717, 1.165) is 32.1 Å². The van der Waals surface area contributed by atoms with Gasteiger partial charge in [-0.15, -0.1) is 0 Å². The zero-order valence-electron chi connectivity index (χ0n) is 12.6. The van der Waals surface area contributed by atoms with E-state index in [0.29, 0.717) is 5.92 Å². The lowest BCUT2D eigenvalue weighted by Crippen LogP contribution is -2.59. The van der Waals surface area contributed by atoms with E-state index in [2.05, 4.69) is 20.8 Å². The van der Waals surface area contributed by atoms with Gasteiger partial charge in [0.1, 0.15) is 0 Å². The second-order valence-corrected chi connectivity index (χ2v) is 8.28. The highest BCUT2D eigenvalue weighted by Gasteiger charge is 2.67. The van der Waals surface area contributed by atoms with Crippen LogP contribution in [0.2, 0.25) is 0 Å². The van der Waals surface area contributed by atoms with Crippen molar-refractivity contribution >= 4 is 0 Å². The largest absolute Gasteiger partial charge is 0.393 e. The fraction of sp³-hybridized carbons (Fsp3) is 1.00. The van der Waals surface area contributed by atoms with E-state index >= 15 is 0 Å². The first kappa shape index (κ1) is 13.8. The van der Waals surface area contributed by atoms with Crippen molar-refractivity contribution < 1.29 is 14.9 Å². The first-order chi connectivity index (χ1) is 8.75. The Bertz CT molecular complexity index is 380. The Balaban J connectivity index is 2.06. The zero-order valence-corrected chi connectivity index (χ0v) is 12.6. The Morgan fingerprint density at radius 1 is 1.11 bits per heavy atom. The molecule has 19 heavy (non-hydrogen) atoms. The molecule has 0 aromatic carbocycles.